The number of benzene rings is 1. The number of halogens is 1. The normalized spacial score (nSPS) is 18.9. The first-order valence-electron chi connectivity index (χ1n) is 8.96. The number of nitrogens with one attached hydrogen (secondary N) is 1. The Morgan fingerprint density at radius 1 is 1.41 bits per heavy atom. The van der Waals surface area contributed by atoms with Crippen molar-refractivity contribution in [1.82, 2.24) is 10.2 Å². The third-order valence-corrected chi connectivity index (χ3v) is 5.87. The largest absolute Gasteiger partial charge is 0.383 e. The van der Waals surface area contributed by atoms with Crippen LogP contribution in [0, 0.1) is 5.41 Å². The summed E-state index contributed by atoms with van der Waals surface area (Å²) in [6.07, 6.45) is -1.15. The van der Waals surface area contributed by atoms with Crippen molar-refractivity contribution in [2.75, 3.05) is 18.1 Å². The monoisotopic (exact) mass is 413 g/mol. The molecule has 0 spiro atoms. The van der Waals surface area contributed by atoms with E-state index in [-0.39, 0.29) is 12.5 Å². The lowest BCUT2D eigenvalue weighted by Crippen LogP contribution is -2.57. The molecule has 2 rings (SSSR count). The molecule has 0 bridgehead atoms. The lowest BCUT2D eigenvalue weighted by molar-refractivity contribution is -0.151. The molecular weight excluding hydrogens is 386 g/mol. The number of thioether (sulfide) groups is 1. The Labute approximate surface area is 169 Å². The van der Waals surface area contributed by atoms with Gasteiger partial charge in [-0.15, -0.1) is 0 Å². The number of hydrogen-bond acceptors (Lipinski definition) is 5. The quantitative estimate of drug-likeness (QED) is 0.683. The van der Waals surface area contributed by atoms with Crippen LogP contribution in [0.4, 0.5) is 0 Å². The van der Waals surface area contributed by atoms with E-state index >= 15 is 0 Å². The van der Waals surface area contributed by atoms with E-state index in [4.69, 9.17) is 17.3 Å². The van der Waals surface area contributed by atoms with Gasteiger partial charge in [-0.25, -0.2) is 0 Å². The number of nitrogens with two attached hydrogens (primary N) is 1. The second-order valence-corrected chi connectivity index (χ2v) is 9.31. The highest BCUT2D eigenvalue weighted by Crippen LogP contribution is 2.25. The predicted octanol–water partition coefficient (Wildman–Crippen LogP) is 1.77. The molecule has 1 aromatic carbocycles. The summed E-state index contributed by atoms with van der Waals surface area (Å²) in [6.45, 7) is 6.49. The average molecular weight is 414 g/mol. The van der Waals surface area contributed by atoms with Gasteiger partial charge in [0.1, 0.15) is 12.1 Å². The molecule has 27 heavy (non-hydrogen) atoms. The summed E-state index contributed by atoms with van der Waals surface area (Å²) in [7, 11) is 0. The standard InChI is InChI=1S/C19H28ClN3O3S/c1-19(2,3)16(24)18(26)23-6-7-27-11-15(23)17(25)22-10-13-8-14(20)5-4-12(13)9-21/h4-5,8,15-16,24H,6-7,9-11,21H2,1-3H3,(H,22,25)/t15?,16-/m0/s1. The van der Waals surface area contributed by atoms with Crippen molar-refractivity contribution in [3.63, 3.8) is 0 Å². The molecule has 1 aromatic rings. The smallest absolute Gasteiger partial charge is 0.252 e. The molecule has 2 atom stereocenters. The first-order chi connectivity index (χ1) is 12.6. The van der Waals surface area contributed by atoms with Gasteiger partial charge >= 0.3 is 0 Å². The van der Waals surface area contributed by atoms with Gasteiger partial charge in [0.05, 0.1) is 0 Å². The molecule has 6 nitrogen and oxygen atoms in total. The van der Waals surface area contributed by atoms with Crippen LogP contribution in [0.25, 0.3) is 0 Å². The van der Waals surface area contributed by atoms with Crippen LogP contribution in [0.3, 0.4) is 0 Å². The Balaban J connectivity index is 2.09. The first-order valence-corrected chi connectivity index (χ1v) is 10.5. The highest BCUT2D eigenvalue weighted by Gasteiger charge is 2.39. The number of nitrogens with zero attached hydrogens (tertiary/aromatic N) is 1. The minimum atomic E-state index is -1.15. The molecule has 0 saturated carbocycles. The molecule has 0 aliphatic carbocycles. The Kier molecular flexibility index (Phi) is 7.56. The Hall–Kier alpha value is -1.28. The number of aliphatic hydroxyl groups excluding tert-OH is 1. The van der Waals surface area contributed by atoms with Crippen LogP contribution in [0.2, 0.25) is 5.02 Å². The molecular formula is C19H28ClN3O3S. The zero-order valence-electron chi connectivity index (χ0n) is 16.0. The van der Waals surface area contributed by atoms with E-state index in [0.29, 0.717) is 23.9 Å². The van der Waals surface area contributed by atoms with Crippen molar-refractivity contribution in [1.29, 1.82) is 0 Å². The summed E-state index contributed by atoms with van der Waals surface area (Å²) in [6, 6.07) is 4.79. The van der Waals surface area contributed by atoms with E-state index in [1.54, 1.807) is 44.7 Å². The minimum absolute atomic E-state index is 0.236. The van der Waals surface area contributed by atoms with Gasteiger partial charge in [0.2, 0.25) is 5.91 Å². The number of hydrogen-bond donors (Lipinski definition) is 3. The van der Waals surface area contributed by atoms with Crippen LogP contribution in [0.15, 0.2) is 18.2 Å². The van der Waals surface area contributed by atoms with Gasteiger partial charge in [0.25, 0.3) is 5.91 Å². The van der Waals surface area contributed by atoms with Gasteiger partial charge in [-0.05, 0) is 28.7 Å². The summed E-state index contributed by atoms with van der Waals surface area (Å²) in [5, 5.41) is 13.8. The molecule has 1 unspecified atom stereocenters. The van der Waals surface area contributed by atoms with Crippen molar-refractivity contribution >= 4 is 35.2 Å². The summed E-state index contributed by atoms with van der Waals surface area (Å²) < 4.78 is 0. The van der Waals surface area contributed by atoms with Gasteiger partial charge < -0.3 is 21.1 Å². The molecule has 1 saturated heterocycles. The lowest BCUT2D eigenvalue weighted by Gasteiger charge is -2.38. The van der Waals surface area contributed by atoms with E-state index in [9.17, 15) is 14.7 Å². The molecule has 0 radical (unpaired) electrons. The first kappa shape index (κ1) is 22.0. The number of aliphatic hydroxyl groups is 1. The van der Waals surface area contributed by atoms with Gasteiger partial charge in [0, 0.05) is 36.2 Å². The second-order valence-electron chi connectivity index (χ2n) is 7.73. The lowest BCUT2D eigenvalue weighted by atomic mass is 9.88. The van der Waals surface area contributed by atoms with Crippen molar-refractivity contribution in [2.24, 2.45) is 11.1 Å². The molecule has 4 N–H and O–H groups in total. The van der Waals surface area contributed by atoms with Crippen molar-refractivity contribution in [2.45, 2.75) is 46.0 Å². The van der Waals surface area contributed by atoms with Gasteiger partial charge in [-0.3, -0.25) is 9.59 Å². The number of amides is 2. The Morgan fingerprint density at radius 3 is 2.74 bits per heavy atom. The van der Waals surface area contributed by atoms with Gasteiger partial charge in [0.15, 0.2) is 0 Å². The third-order valence-electron chi connectivity index (χ3n) is 4.61. The fourth-order valence-electron chi connectivity index (χ4n) is 2.87. The maximum atomic E-state index is 12.8. The minimum Gasteiger partial charge on any atom is -0.383 e. The maximum absolute atomic E-state index is 12.8. The van der Waals surface area contributed by atoms with E-state index in [1.807, 2.05) is 6.07 Å². The maximum Gasteiger partial charge on any atom is 0.252 e. The van der Waals surface area contributed by atoms with Crippen LogP contribution in [0.1, 0.15) is 31.9 Å². The molecule has 1 heterocycles. The Morgan fingerprint density at radius 2 is 2.11 bits per heavy atom. The molecule has 1 aliphatic rings. The van der Waals surface area contributed by atoms with Crippen molar-refractivity contribution in [3.05, 3.63) is 34.3 Å². The van der Waals surface area contributed by atoms with Gasteiger partial charge in [-0.2, -0.15) is 11.8 Å². The Bertz CT molecular complexity index is 693. The zero-order chi connectivity index (χ0) is 20.2. The average Bonchev–Trinajstić information content (AvgIpc) is 2.64. The molecule has 8 heteroatoms. The van der Waals surface area contributed by atoms with E-state index in [1.165, 1.54) is 4.90 Å². The molecule has 0 aromatic heterocycles. The van der Waals surface area contributed by atoms with E-state index in [0.717, 1.165) is 16.9 Å². The molecule has 1 fully saturated rings. The predicted molar refractivity (Wildman–Crippen MR) is 109 cm³/mol. The fourth-order valence-corrected chi connectivity index (χ4v) is 4.11. The van der Waals surface area contributed by atoms with Crippen LogP contribution >= 0.6 is 23.4 Å². The summed E-state index contributed by atoms with van der Waals surface area (Å²) in [5.41, 5.74) is 6.93. The third kappa shape index (κ3) is 5.60. The highest BCUT2D eigenvalue weighted by molar-refractivity contribution is 7.99. The zero-order valence-corrected chi connectivity index (χ0v) is 17.6. The highest BCUT2D eigenvalue weighted by atomic mass is 35.5. The van der Waals surface area contributed by atoms with Crippen molar-refractivity contribution in [3.8, 4) is 0 Å². The van der Waals surface area contributed by atoms with E-state index < -0.39 is 23.5 Å². The summed E-state index contributed by atoms with van der Waals surface area (Å²) in [4.78, 5) is 27.0. The van der Waals surface area contributed by atoms with Crippen LogP contribution in [-0.2, 0) is 22.7 Å². The number of carbonyl (C=O) groups is 2. The van der Waals surface area contributed by atoms with Gasteiger partial charge in [-0.1, -0.05) is 38.4 Å². The SMILES string of the molecule is CC(C)(C)[C@@H](O)C(=O)N1CCSCC1C(=O)NCc1cc(Cl)ccc1CN. The fraction of sp³-hybridized carbons (Fsp3) is 0.579. The molecule has 2 amide bonds. The summed E-state index contributed by atoms with van der Waals surface area (Å²) in [5.74, 6) is 0.624. The number of carbonyl (C=O) groups excluding carboxylic acids is 2. The second kappa shape index (κ2) is 9.28. The van der Waals surface area contributed by atoms with Crippen LogP contribution in [-0.4, -0.2) is 52.0 Å². The molecule has 150 valence electrons. The number of rotatable bonds is 5. The summed E-state index contributed by atoms with van der Waals surface area (Å²) >= 11 is 7.67. The van der Waals surface area contributed by atoms with Crippen molar-refractivity contribution < 1.29 is 14.7 Å². The van der Waals surface area contributed by atoms with E-state index in [2.05, 4.69) is 5.32 Å². The van der Waals surface area contributed by atoms with Crippen LogP contribution < -0.4 is 11.1 Å². The van der Waals surface area contributed by atoms with Crippen LogP contribution in [0.5, 0.6) is 0 Å². The topological polar surface area (TPSA) is 95.7 Å². The molecule has 1 aliphatic heterocycles.